The van der Waals surface area contributed by atoms with Crippen molar-refractivity contribution >= 4 is 17.3 Å². The van der Waals surface area contributed by atoms with E-state index in [1.807, 2.05) is 0 Å². The molecular weight excluding hydrogens is 188 g/mol. The fourth-order valence-corrected chi connectivity index (χ4v) is 1.32. The van der Waals surface area contributed by atoms with Crippen molar-refractivity contribution in [2.75, 3.05) is 13.1 Å². The highest BCUT2D eigenvalue weighted by Gasteiger charge is 1.87. The van der Waals surface area contributed by atoms with Crippen molar-refractivity contribution < 1.29 is 9.90 Å². The number of thiophene rings is 1. The standard InChI is InChI=1S/C6H9NS.C2H5NO2/c7-4-3-6-2-1-5-8-6;3-1-2(4)5/h1-2,5H,3-4,7H2;1,3H2,(H,4,5). The van der Waals surface area contributed by atoms with E-state index in [4.69, 9.17) is 10.8 Å². The zero-order chi connectivity index (χ0) is 10.1. The van der Waals surface area contributed by atoms with Crippen LogP contribution in [-0.2, 0) is 11.2 Å². The van der Waals surface area contributed by atoms with Gasteiger partial charge in [-0.2, -0.15) is 0 Å². The summed E-state index contributed by atoms with van der Waals surface area (Å²) in [6.45, 7) is 0.487. The van der Waals surface area contributed by atoms with E-state index in [1.54, 1.807) is 11.3 Å². The van der Waals surface area contributed by atoms with Gasteiger partial charge in [0.1, 0.15) is 0 Å². The molecule has 1 aromatic heterocycles. The molecule has 1 heterocycles. The predicted molar refractivity (Wildman–Crippen MR) is 53.8 cm³/mol. The second-order valence-corrected chi connectivity index (χ2v) is 3.25. The lowest BCUT2D eigenvalue weighted by Crippen LogP contribution is -2.10. The number of carbonyl (C=O) groups is 1. The summed E-state index contributed by atoms with van der Waals surface area (Å²) < 4.78 is 0. The molecule has 0 aliphatic heterocycles. The Labute approximate surface area is 81.2 Å². The molecular formula is C8H14N2O2S. The maximum Gasteiger partial charge on any atom is 0.317 e. The van der Waals surface area contributed by atoms with E-state index in [-0.39, 0.29) is 6.54 Å². The van der Waals surface area contributed by atoms with Gasteiger partial charge in [0.15, 0.2) is 0 Å². The van der Waals surface area contributed by atoms with Crippen LogP contribution in [0, 0.1) is 0 Å². The third-order valence-corrected chi connectivity index (χ3v) is 2.08. The summed E-state index contributed by atoms with van der Waals surface area (Å²) in [7, 11) is 0. The Morgan fingerprint density at radius 2 is 2.15 bits per heavy atom. The minimum atomic E-state index is -0.968. The van der Waals surface area contributed by atoms with Crippen molar-refractivity contribution in [3.05, 3.63) is 22.4 Å². The Bertz CT molecular complexity index is 224. The number of hydrogen-bond acceptors (Lipinski definition) is 4. The maximum absolute atomic E-state index is 9.24. The van der Waals surface area contributed by atoms with Crippen molar-refractivity contribution in [1.82, 2.24) is 0 Å². The highest BCUT2D eigenvalue weighted by Crippen LogP contribution is 2.07. The molecule has 5 heteroatoms. The average Bonchev–Trinajstić information content (AvgIpc) is 2.59. The molecule has 0 saturated carbocycles. The van der Waals surface area contributed by atoms with E-state index in [0.717, 1.165) is 13.0 Å². The minimum Gasteiger partial charge on any atom is -0.480 e. The van der Waals surface area contributed by atoms with E-state index in [9.17, 15) is 4.79 Å². The first-order valence-electron chi connectivity index (χ1n) is 3.85. The maximum atomic E-state index is 9.24. The number of hydrogen-bond donors (Lipinski definition) is 3. The molecule has 0 aromatic carbocycles. The van der Waals surface area contributed by atoms with Gasteiger partial charge in [-0.3, -0.25) is 4.79 Å². The highest BCUT2D eigenvalue weighted by molar-refractivity contribution is 7.09. The largest absolute Gasteiger partial charge is 0.480 e. The second kappa shape index (κ2) is 7.72. The quantitative estimate of drug-likeness (QED) is 0.656. The molecule has 0 bridgehead atoms. The summed E-state index contributed by atoms with van der Waals surface area (Å²) in [6.07, 6.45) is 1.03. The van der Waals surface area contributed by atoms with Gasteiger partial charge < -0.3 is 16.6 Å². The fraction of sp³-hybridized carbons (Fsp3) is 0.375. The number of carboxylic acid groups (broad SMARTS) is 1. The first-order valence-corrected chi connectivity index (χ1v) is 4.73. The molecule has 0 radical (unpaired) electrons. The molecule has 0 amide bonds. The molecule has 74 valence electrons. The van der Waals surface area contributed by atoms with Crippen molar-refractivity contribution in [2.45, 2.75) is 6.42 Å². The summed E-state index contributed by atoms with van der Waals surface area (Å²) in [5.74, 6) is -0.968. The highest BCUT2D eigenvalue weighted by atomic mass is 32.1. The average molecular weight is 202 g/mol. The van der Waals surface area contributed by atoms with Crippen LogP contribution in [-0.4, -0.2) is 24.2 Å². The number of rotatable bonds is 3. The SMILES string of the molecule is NCC(=O)O.NCCc1cccs1. The van der Waals surface area contributed by atoms with Crippen LogP contribution in [0.15, 0.2) is 17.5 Å². The first kappa shape index (κ1) is 12.1. The number of aliphatic carboxylic acids is 1. The van der Waals surface area contributed by atoms with Crippen LogP contribution in [0.2, 0.25) is 0 Å². The molecule has 0 aliphatic rings. The third-order valence-electron chi connectivity index (χ3n) is 1.15. The molecule has 0 saturated heterocycles. The van der Waals surface area contributed by atoms with Crippen LogP contribution in [0.5, 0.6) is 0 Å². The Morgan fingerprint density at radius 3 is 2.46 bits per heavy atom. The topological polar surface area (TPSA) is 89.3 Å². The third kappa shape index (κ3) is 7.45. The van der Waals surface area contributed by atoms with Crippen LogP contribution >= 0.6 is 11.3 Å². The number of nitrogens with two attached hydrogens (primary N) is 2. The molecule has 5 N–H and O–H groups in total. The summed E-state index contributed by atoms with van der Waals surface area (Å²) >= 11 is 1.77. The van der Waals surface area contributed by atoms with Gasteiger partial charge in [-0.1, -0.05) is 6.07 Å². The van der Waals surface area contributed by atoms with Crippen molar-refractivity contribution in [2.24, 2.45) is 11.5 Å². The van der Waals surface area contributed by atoms with Gasteiger partial charge in [0.2, 0.25) is 0 Å². The fourth-order valence-electron chi connectivity index (χ4n) is 0.597. The molecule has 0 spiro atoms. The van der Waals surface area contributed by atoms with Crippen LogP contribution in [0.1, 0.15) is 4.88 Å². The summed E-state index contributed by atoms with van der Waals surface area (Å²) in [5, 5.41) is 9.67. The molecule has 13 heavy (non-hydrogen) atoms. The Balaban J connectivity index is 0.000000252. The molecule has 4 nitrogen and oxygen atoms in total. The van der Waals surface area contributed by atoms with Gasteiger partial charge in [0.05, 0.1) is 6.54 Å². The van der Waals surface area contributed by atoms with E-state index >= 15 is 0 Å². The van der Waals surface area contributed by atoms with Crippen molar-refractivity contribution in [1.29, 1.82) is 0 Å². The number of carboxylic acids is 1. The van der Waals surface area contributed by atoms with Crippen LogP contribution in [0.25, 0.3) is 0 Å². The van der Waals surface area contributed by atoms with Gasteiger partial charge in [-0.25, -0.2) is 0 Å². The lowest BCUT2D eigenvalue weighted by atomic mass is 10.3. The molecule has 0 fully saturated rings. The van der Waals surface area contributed by atoms with Gasteiger partial charge in [0, 0.05) is 4.88 Å². The van der Waals surface area contributed by atoms with Crippen LogP contribution < -0.4 is 11.5 Å². The minimum absolute atomic E-state index is 0.278. The van der Waals surface area contributed by atoms with E-state index < -0.39 is 5.97 Å². The Hall–Kier alpha value is -0.910. The van der Waals surface area contributed by atoms with E-state index in [0.29, 0.717) is 0 Å². The molecule has 0 atom stereocenters. The zero-order valence-corrected chi connectivity index (χ0v) is 8.09. The summed E-state index contributed by atoms with van der Waals surface area (Å²) in [5.41, 5.74) is 9.90. The normalized spacial score (nSPS) is 8.77. The Kier molecular flexibility index (Phi) is 7.18. The molecule has 1 aromatic rings. The lowest BCUT2D eigenvalue weighted by Gasteiger charge is -1.86. The van der Waals surface area contributed by atoms with Crippen LogP contribution in [0.4, 0.5) is 0 Å². The monoisotopic (exact) mass is 202 g/mol. The summed E-state index contributed by atoms with van der Waals surface area (Å²) in [6, 6.07) is 4.16. The summed E-state index contributed by atoms with van der Waals surface area (Å²) in [4.78, 5) is 10.6. The van der Waals surface area contributed by atoms with Gasteiger partial charge in [-0.05, 0) is 24.4 Å². The van der Waals surface area contributed by atoms with Crippen LogP contribution in [0.3, 0.4) is 0 Å². The van der Waals surface area contributed by atoms with E-state index in [2.05, 4.69) is 23.2 Å². The smallest absolute Gasteiger partial charge is 0.317 e. The molecule has 0 aliphatic carbocycles. The molecule has 1 rings (SSSR count). The predicted octanol–water partition coefficient (Wildman–Crippen LogP) is 0.279. The van der Waals surface area contributed by atoms with Gasteiger partial charge >= 0.3 is 5.97 Å². The Morgan fingerprint density at radius 1 is 1.54 bits per heavy atom. The second-order valence-electron chi connectivity index (χ2n) is 2.22. The van der Waals surface area contributed by atoms with Gasteiger partial charge in [0.25, 0.3) is 0 Å². The van der Waals surface area contributed by atoms with Gasteiger partial charge in [-0.15, -0.1) is 11.3 Å². The zero-order valence-electron chi connectivity index (χ0n) is 7.27. The lowest BCUT2D eigenvalue weighted by molar-refractivity contribution is -0.135. The molecule has 0 unspecified atom stereocenters. The van der Waals surface area contributed by atoms with Crippen molar-refractivity contribution in [3.8, 4) is 0 Å². The van der Waals surface area contributed by atoms with Crippen molar-refractivity contribution in [3.63, 3.8) is 0 Å². The van der Waals surface area contributed by atoms with E-state index in [1.165, 1.54) is 4.88 Å². The first-order chi connectivity index (χ1) is 6.20.